The number of pyridine rings is 1. The molecule has 0 saturated heterocycles. The molecule has 6 aromatic rings. The number of hydrogen-bond donors (Lipinski definition) is 2. The molecule has 1 amide bonds. The van der Waals surface area contributed by atoms with E-state index in [1.165, 1.54) is 4.63 Å². The van der Waals surface area contributed by atoms with Crippen LogP contribution >= 0.6 is 0 Å². The first kappa shape index (κ1) is 25.6. The summed E-state index contributed by atoms with van der Waals surface area (Å²) in [6.07, 6.45) is 3.28. The van der Waals surface area contributed by atoms with Crippen molar-refractivity contribution in [3.05, 3.63) is 118 Å². The number of fused-ring (bicyclic) bond motifs is 2. The second kappa shape index (κ2) is 10.1. The van der Waals surface area contributed by atoms with Gasteiger partial charge in [0.05, 0.1) is 28.9 Å². The summed E-state index contributed by atoms with van der Waals surface area (Å²) in [6, 6.07) is 19.7. The monoisotopic (exact) mass is 542 g/mol. The number of hydrogen-bond acceptors (Lipinski definition) is 6. The van der Waals surface area contributed by atoms with Crippen LogP contribution in [0.25, 0.3) is 22.0 Å². The second-order valence-electron chi connectivity index (χ2n) is 9.69. The number of anilines is 1. The first-order chi connectivity index (χ1) is 19.8. The van der Waals surface area contributed by atoms with Crippen LogP contribution in [0.5, 0.6) is 0 Å². The van der Waals surface area contributed by atoms with Gasteiger partial charge in [0.25, 0.3) is 11.5 Å². The number of nitrogen functional groups attached to an aromatic ring is 1. The predicted molar refractivity (Wildman–Crippen MR) is 157 cm³/mol. The maximum Gasteiger partial charge on any atom is 0.264 e. The van der Waals surface area contributed by atoms with Crippen molar-refractivity contribution < 1.29 is 4.79 Å². The Morgan fingerprint density at radius 3 is 2.54 bits per heavy atom. The zero-order valence-electron chi connectivity index (χ0n) is 22.7. The van der Waals surface area contributed by atoms with Crippen LogP contribution in [0.4, 0.5) is 5.82 Å². The number of benzene rings is 2. The van der Waals surface area contributed by atoms with E-state index in [1.807, 2.05) is 75.5 Å². The minimum Gasteiger partial charge on any atom is -0.381 e. The molecule has 4 aromatic heterocycles. The van der Waals surface area contributed by atoms with E-state index in [9.17, 15) is 9.59 Å². The Hall–Kier alpha value is -5.69. The van der Waals surface area contributed by atoms with E-state index in [-0.39, 0.29) is 16.9 Å². The molecular weight excluding hydrogens is 516 g/mol. The molecule has 10 heteroatoms. The molecular formula is C31H26N8O2. The van der Waals surface area contributed by atoms with Gasteiger partial charge in [0.15, 0.2) is 5.82 Å². The summed E-state index contributed by atoms with van der Waals surface area (Å²) in [6.45, 7) is 3.77. The number of carbonyl (C=O) groups excluding carboxylic acids is 1. The Kier molecular flexibility index (Phi) is 6.32. The third-order valence-electron chi connectivity index (χ3n) is 7.12. The zero-order valence-corrected chi connectivity index (χ0v) is 22.7. The van der Waals surface area contributed by atoms with Crippen molar-refractivity contribution in [2.75, 3.05) is 5.73 Å². The van der Waals surface area contributed by atoms with E-state index >= 15 is 0 Å². The number of aromatic nitrogens is 6. The lowest BCUT2D eigenvalue weighted by molar-refractivity contribution is 0.0941. The number of amides is 1. The number of carbonyl (C=O) groups is 1. The van der Waals surface area contributed by atoms with Crippen LogP contribution in [0.3, 0.4) is 0 Å². The summed E-state index contributed by atoms with van der Waals surface area (Å²) in [7, 11) is 1.86. The van der Waals surface area contributed by atoms with Crippen LogP contribution < -0.4 is 16.6 Å². The molecule has 0 saturated carbocycles. The minimum absolute atomic E-state index is 0.0689. The molecule has 4 heterocycles. The standard InChI is InChI=1S/C31H26N8O2/c1-19(35-30(40)28-25-13-8-16-33-39(25)36-29(28)32)26-17-22-10-7-9-21(14-15-23-18-34-37(3)20(23)2)27(22)31(41)38(26)24-11-5-4-6-12-24/h4-13,16-19H,1-3H3,(H2,32,36)(H,35,40)/t19-/m0/s1. The normalized spacial score (nSPS) is 11.8. The molecule has 0 spiro atoms. The molecule has 0 radical (unpaired) electrons. The third kappa shape index (κ3) is 4.49. The number of rotatable bonds is 4. The third-order valence-corrected chi connectivity index (χ3v) is 7.12. The topological polar surface area (TPSA) is 125 Å². The molecule has 0 bridgehead atoms. The van der Waals surface area contributed by atoms with E-state index in [0.717, 1.165) is 11.3 Å². The van der Waals surface area contributed by atoms with E-state index in [0.29, 0.717) is 33.2 Å². The van der Waals surface area contributed by atoms with E-state index in [2.05, 4.69) is 32.5 Å². The molecule has 0 unspecified atom stereocenters. The van der Waals surface area contributed by atoms with Gasteiger partial charge in [0.1, 0.15) is 11.1 Å². The SMILES string of the molecule is Cc1c(C#Cc2cccc3cc([C@H](C)NC(=O)c4c(N)nn5ncccc45)n(-c4ccccc4)c(=O)c23)cnn1C. The van der Waals surface area contributed by atoms with Crippen molar-refractivity contribution in [2.24, 2.45) is 7.05 Å². The van der Waals surface area contributed by atoms with Crippen LogP contribution in [0.2, 0.25) is 0 Å². The van der Waals surface area contributed by atoms with Gasteiger partial charge in [-0.05, 0) is 55.6 Å². The van der Waals surface area contributed by atoms with Crippen LogP contribution in [-0.2, 0) is 7.05 Å². The highest BCUT2D eigenvalue weighted by Crippen LogP contribution is 2.25. The van der Waals surface area contributed by atoms with Crippen LogP contribution in [0.1, 0.15) is 45.8 Å². The van der Waals surface area contributed by atoms with Gasteiger partial charge in [0.2, 0.25) is 0 Å². The molecule has 2 aromatic carbocycles. The van der Waals surface area contributed by atoms with Crippen LogP contribution in [0, 0.1) is 18.8 Å². The summed E-state index contributed by atoms with van der Waals surface area (Å²) in [4.78, 5) is 27.7. The Bertz CT molecular complexity index is 2080. The fraction of sp³-hybridized carbons (Fsp3) is 0.129. The Balaban J connectivity index is 1.48. The lowest BCUT2D eigenvalue weighted by Crippen LogP contribution is -2.32. The molecule has 202 valence electrons. The average molecular weight is 543 g/mol. The first-order valence-corrected chi connectivity index (χ1v) is 13.0. The molecule has 0 fully saturated rings. The predicted octanol–water partition coefficient (Wildman–Crippen LogP) is 3.55. The van der Waals surface area contributed by atoms with Crippen LogP contribution in [-0.4, -0.2) is 35.1 Å². The molecule has 1 atom stereocenters. The Labute approximate surface area is 235 Å². The maximum absolute atomic E-state index is 14.2. The van der Waals surface area contributed by atoms with E-state index < -0.39 is 11.9 Å². The lowest BCUT2D eigenvalue weighted by atomic mass is 10.0. The van der Waals surface area contributed by atoms with Gasteiger partial charge in [-0.2, -0.15) is 10.2 Å². The van der Waals surface area contributed by atoms with Crippen molar-refractivity contribution >= 4 is 28.0 Å². The summed E-state index contributed by atoms with van der Waals surface area (Å²) < 4.78 is 4.70. The number of nitrogens with one attached hydrogen (secondary N) is 1. The summed E-state index contributed by atoms with van der Waals surface area (Å²) in [5.74, 6) is 6.00. The molecule has 3 N–H and O–H groups in total. The molecule has 0 aliphatic carbocycles. The fourth-order valence-corrected chi connectivity index (χ4v) is 4.89. The summed E-state index contributed by atoms with van der Waals surface area (Å²) in [5.41, 5.74) is 10.2. The highest BCUT2D eigenvalue weighted by atomic mass is 16.2. The van der Waals surface area contributed by atoms with Crippen molar-refractivity contribution in [3.63, 3.8) is 0 Å². The van der Waals surface area contributed by atoms with Gasteiger partial charge < -0.3 is 11.1 Å². The Morgan fingerprint density at radius 1 is 1.00 bits per heavy atom. The fourth-order valence-electron chi connectivity index (χ4n) is 4.89. The number of nitrogens with zero attached hydrogens (tertiary/aromatic N) is 6. The number of para-hydroxylation sites is 1. The number of nitrogens with two attached hydrogens (primary N) is 1. The quantitative estimate of drug-likeness (QED) is 0.328. The van der Waals surface area contributed by atoms with Crippen molar-refractivity contribution in [3.8, 4) is 17.5 Å². The molecule has 0 aliphatic heterocycles. The largest absolute Gasteiger partial charge is 0.381 e. The summed E-state index contributed by atoms with van der Waals surface area (Å²) in [5, 5.41) is 16.7. The zero-order chi connectivity index (χ0) is 28.7. The molecule has 0 aliphatic rings. The molecule has 10 nitrogen and oxygen atoms in total. The molecule has 6 rings (SSSR count). The van der Waals surface area contributed by atoms with Gasteiger partial charge in [0, 0.05) is 30.2 Å². The van der Waals surface area contributed by atoms with Gasteiger partial charge in [-0.1, -0.05) is 42.2 Å². The van der Waals surface area contributed by atoms with E-state index in [4.69, 9.17) is 5.73 Å². The van der Waals surface area contributed by atoms with Gasteiger partial charge in [-0.25, -0.2) is 0 Å². The van der Waals surface area contributed by atoms with Crippen molar-refractivity contribution in [1.82, 2.24) is 34.5 Å². The summed E-state index contributed by atoms with van der Waals surface area (Å²) >= 11 is 0. The van der Waals surface area contributed by atoms with Gasteiger partial charge in [-0.15, -0.1) is 9.73 Å². The smallest absolute Gasteiger partial charge is 0.264 e. The number of aryl methyl sites for hydroxylation is 1. The van der Waals surface area contributed by atoms with Gasteiger partial charge in [-0.3, -0.25) is 18.8 Å². The first-order valence-electron chi connectivity index (χ1n) is 13.0. The highest BCUT2D eigenvalue weighted by molar-refractivity contribution is 6.05. The lowest BCUT2D eigenvalue weighted by Gasteiger charge is -2.21. The van der Waals surface area contributed by atoms with Crippen molar-refractivity contribution in [2.45, 2.75) is 19.9 Å². The second-order valence-corrected chi connectivity index (χ2v) is 9.69. The average Bonchev–Trinajstić information content (AvgIpc) is 3.49. The van der Waals surface area contributed by atoms with Gasteiger partial charge >= 0.3 is 0 Å². The minimum atomic E-state index is -0.571. The molecule has 41 heavy (non-hydrogen) atoms. The van der Waals surface area contributed by atoms with Crippen LogP contribution in [0.15, 0.2) is 83.9 Å². The van der Waals surface area contributed by atoms with E-state index in [1.54, 1.807) is 33.8 Å². The highest BCUT2D eigenvalue weighted by Gasteiger charge is 2.23. The Morgan fingerprint density at radius 2 is 1.78 bits per heavy atom. The maximum atomic E-state index is 14.2. The van der Waals surface area contributed by atoms with Crippen molar-refractivity contribution in [1.29, 1.82) is 0 Å².